The van der Waals surface area contributed by atoms with Gasteiger partial charge in [-0.15, -0.1) is 0 Å². The van der Waals surface area contributed by atoms with Crippen LogP contribution >= 0.6 is 0 Å². The lowest BCUT2D eigenvalue weighted by atomic mass is 10.0. The van der Waals surface area contributed by atoms with Crippen molar-refractivity contribution in [3.63, 3.8) is 0 Å². The van der Waals surface area contributed by atoms with Crippen molar-refractivity contribution in [2.75, 3.05) is 16.8 Å². The first-order valence-corrected chi connectivity index (χ1v) is 10.9. The first kappa shape index (κ1) is 22.5. The number of anilines is 2. The zero-order valence-electron chi connectivity index (χ0n) is 18.6. The molecular formula is C25H31N3O3. The third kappa shape index (κ3) is 5.51. The van der Waals surface area contributed by atoms with E-state index in [1.165, 1.54) is 5.56 Å². The zero-order chi connectivity index (χ0) is 22.5. The standard InChI is InChI=1S/C25H31N3O3/c1-16(2)15-22(29)27-23(17(3)4)24(30)26-20-11-9-19(10-12-20)25(31)28-14-13-18-7-5-6-8-21(18)28/h5-12,16-17,23H,13-15H2,1-4H3,(H,26,30)(H,27,29). The average molecular weight is 422 g/mol. The highest BCUT2D eigenvalue weighted by Gasteiger charge is 2.26. The Bertz CT molecular complexity index is 951. The molecular weight excluding hydrogens is 390 g/mol. The summed E-state index contributed by atoms with van der Waals surface area (Å²) in [5, 5.41) is 5.69. The van der Waals surface area contributed by atoms with Crippen molar-refractivity contribution in [3.8, 4) is 0 Å². The van der Waals surface area contributed by atoms with Crippen molar-refractivity contribution in [3.05, 3.63) is 59.7 Å². The maximum absolute atomic E-state index is 12.9. The number of nitrogens with zero attached hydrogens (tertiary/aromatic N) is 1. The van der Waals surface area contributed by atoms with Gasteiger partial charge in [0.2, 0.25) is 11.8 Å². The van der Waals surface area contributed by atoms with Gasteiger partial charge < -0.3 is 15.5 Å². The van der Waals surface area contributed by atoms with E-state index in [1.54, 1.807) is 29.2 Å². The van der Waals surface area contributed by atoms with Gasteiger partial charge in [-0.3, -0.25) is 14.4 Å². The molecule has 2 aromatic carbocycles. The number of amides is 3. The monoisotopic (exact) mass is 421 g/mol. The summed E-state index contributed by atoms with van der Waals surface area (Å²) in [6.07, 6.45) is 1.24. The molecule has 31 heavy (non-hydrogen) atoms. The lowest BCUT2D eigenvalue weighted by Gasteiger charge is -2.22. The highest BCUT2D eigenvalue weighted by molar-refractivity contribution is 6.07. The summed E-state index contributed by atoms with van der Waals surface area (Å²) < 4.78 is 0. The Labute approximate surface area is 184 Å². The smallest absolute Gasteiger partial charge is 0.258 e. The van der Waals surface area contributed by atoms with Crippen molar-refractivity contribution in [1.82, 2.24) is 5.32 Å². The highest BCUT2D eigenvalue weighted by atomic mass is 16.2. The fourth-order valence-corrected chi connectivity index (χ4v) is 3.76. The van der Waals surface area contributed by atoms with E-state index in [2.05, 4.69) is 10.6 Å². The predicted molar refractivity (Wildman–Crippen MR) is 123 cm³/mol. The molecule has 164 valence electrons. The van der Waals surface area contributed by atoms with Crippen LogP contribution < -0.4 is 15.5 Å². The minimum Gasteiger partial charge on any atom is -0.344 e. The first-order chi connectivity index (χ1) is 14.8. The van der Waals surface area contributed by atoms with Crippen LogP contribution in [-0.4, -0.2) is 30.3 Å². The van der Waals surface area contributed by atoms with Gasteiger partial charge in [0.1, 0.15) is 6.04 Å². The van der Waals surface area contributed by atoms with Gasteiger partial charge in [0, 0.05) is 29.9 Å². The van der Waals surface area contributed by atoms with Gasteiger partial charge in [0.25, 0.3) is 5.91 Å². The molecule has 0 saturated heterocycles. The minimum absolute atomic E-state index is 0.0489. The van der Waals surface area contributed by atoms with Gasteiger partial charge in [-0.2, -0.15) is 0 Å². The molecule has 1 unspecified atom stereocenters. The van der Waals surface area contributed by atoms with Crippen LogP contribution in [0.1, 0.15) is 50.0 Å². The second kappa shape index (κ2) is 9.77. The van der Waals surface area contributed by atoms with Gasteiger partial charge >= 0.3 is 0 Å². The molecule has 1 aliphatic rings. The molecule has 0 spiro atoms. The quantitative estimate of drug-likeness (QED) is 0.709. The topological polar surface area (TPSA) is 78.5 Å². The summed E-state index contributed by atoms with van der Waals surface area (Å²) in [5.41, 5.74) is 3.30. The van der Waals surface area contributed by atoms with Gasteiger partial charge in [-0.25, -0.2) is 0 Å². The van der Waals surface area contributed by atoms with Crippen molar-refractivity contribution in [2.24, 2.45) is 11.8 Å². The van der Waals surface area contributed by atoms with Crippen molar-refractivity contribution < 1.29 is 14.4 Å². The van der Waals surface area contributed by atoms with E-state index in [1.807, 2.05) is 52.0 Å². The Hall–Kier alpha value is -3.15. The fourth-order valence-electron chi connectivity index (χ4n) is 3.76. The number of nitrogens with one attached hydrogen (secondary N) is 2. The number of rotatable bonds is 7. The van der Waals surface area contributed by atoms with Crippen LogP contribution in [0.4, 0.5) is 11.4 Å². The third-order valence-corrected chi connectivity index (χ3v) is 5.39. The average Bonchev–Trinajstić information content (AvgIpc) is 3.15. The van der Waals surface area contributed by atoms with Gasteiger partial charge in [0.05, 0.1) is 0 Å². The van der Waals surface area contributed by atoms with Gasteiger partial charge in [-0.05, 0) is 54.2 Å². The molecule has 1 atom stereocenters. The number of carbonyl (C=O) groups excluding carboxylic acids is 3. The Morgan fingerprint density at radius 1 is 0.968 bits per heavy atom. The van der Waals surface area contributed by atoms with E-state index in [-0.39, 0.29) is 29.6 Å². The van der Waals surface area contributed by atoms with Crippen LogP contribution in [0.25, 0.3) is 0 Å². The SMILES string of the molecule is CC(C)CC(=O)NC(C(=O)Nc1ccc(C(=O)N2CCc3ccccc32)cc1)C(C)C. The van der Waals surface area contributed by atoms with E-state index in [0.717, 1.165) is 12.1 Å². The van der Waals surface area contributed by atoms with E-state index >= 15 is 0 Å². The first-order valence-electron chi connectivity index (χ1n) is 10.9. The molecule has 2 aromatic rings. The molecule has 0 bridgehead atoms. The lowest BCUT2D eigenvalue weighted by Crippen LogP contribution is -2.47. The normalized spacial score (nSPS) is 13.8. The molecule has 6 heteroatoms. The van der Waals surface area contributed by atoms with Crippen LogP contribution in [0.15, 0.2) is 48.5 Å². The fraction of sp³-hybridized carbons (Fsp3) is 0.400. The predicted octanol–water partition coefficient (Wildman–Crippen LogP) is 4.01. The minimum atomic E-state index is -0.617. The molecule has 0 fully saturated rings. The molecule has 2 N–H and O–H groups in total. The molecule has 0 aliphatic carbocycles. The van der Waals surface area contributed by atoms with Crippen LogP contribution in [0.5, 0.6) is 0 Å². The van der Waals surface area contributed by atoms with Crippen LogP contribution in [0.3, 0.4) is 0 Å². The maximum Gasteiger partial charge on any atom is 0.258 e. The Morgan fingerprint density at radius 2 is 1.65 bits per heavy atom. The van der Waals surface area contributed by atoms with Crippen molar-refractivity contribution in [2.45, 2.75) is 46.6 Å². The van der Waals surface area contributed by atoms with E-state index in [9.17, 15) is 14.4 Å². The molecule has 0 radical (unpaired) electrons. The summed E-state index contributed by atoms with van der Waals surface area (Å²) >= 11 is 0. The van der Waals surface area contributed by atoms with Crippen LogP contribution in [0, 0.1) is 11.8 Å². The number of fused-ring (bicyclic) bond motifs is 1. The second-order valence-corrected chi connectivity index (χ2v) is 8.79. The lowest BCUT2D eigenvalue weighted by molar-refractivity contribution is -0.127. The number of benzene rings is 2. The molecule has 3 rings (SSSR count). The Kier molecular flexibility index (Phi) is 7.10. The molecule has 1 aliphatic heterocycles. The van der Waals surface area contributed by atoms with E-state index < -0.39 is 6.04 Å². The summed E-state index contributed by atoms with van der Waals surface area (Å²) in [5.74, 6) is -0.269. The summed E-state index contributed by atoms with van der Waals surface area (Å²) in [4.78, 5) is 39.6. The summed E-state index contributed by atoms with van der Waals surface area (Å²) in [6, 6.07) is 14.2. The molecule has 6 nitrogen and oxygen atoms in total. The molecule has 3 amide bonds. The van der Waals surface area contributed by atoms with E-state index in [0.29, 0.717) is 24.2 Å². The number of hydrogen-bond acceptors (Lipinski definition) is 3. The Balaban J connectivity index is 1.65. The van der Waals surface area contributed by atoms with Crippen molar-refractivity contribution >= 4 is 29.1 Å². The zero-order valence-corrected chi connectivity index (χ0v) is 18.6. The number of para-hydroxylation sites is 1. The highest BCUT2D eigenvalue weighted by Crippen LogP contribution is 2.29. The molecule has 1 heterocycles. The summed E-state index contributed by atoms with van der Waals surface area (Å²) in [7, 11) is 0. The van der Waals surface area contributed by atoms with Crippen LogP contribution in [0.2, 0.25) is 0 Å². The summed E-state index contributed by atoms with van der Waals surface area (Å²) in [6.45, 7) is 8.40. The van der Waals surface area contributed by atoms with Gasteiger partial charge in [0.15, 0.2) is 0 Å². The van der Waals surface area contributed by atoms with Crippen molar-refractivity contribution in [1.29, 1.82) is 0 Å². The third-order valence-electron chi connectivity index (χ3n) is 5.39. The van der Waals surface area contributed by atoms with E-state index in [4.69, 9.17) is 0 Å². The largest absolute Gasteiger partial charge is 0.344 e. The Morgan fingerprint density at radius 3 is 2.29 bits per heavy atom. The second-order valence-electron chi connectivity index (χ2n) is 8.79. The maximum atomic E-state index is 12.9. The van der Waals surface area contributed by atoms with Crippen LogP contribution in [-0.2, 0) is 16.0 Å². The number of carbonyl (C=O) groups is 3. The van der Waals surface area contributed by atoms with Gasteiger partial charge in [-0.1, -0.05) is 45.9 Å². The molecule has 0 aromatic heterocycles. The number of hydrogen-bond donors (Lipinski definition) is 2. The molecule has 0 saturated carbocycles.